The highest BCUT2D eigenvalue weighted by Gasteiger charge is 2.33. The van der Waals surface area contributed by atoms with Gasteiger partial charge in [0.25, 0.3) is 5.91 Å². The van der Waals surface area contributed by atoms with Gasteiger partial charge < -0.3 is 9.15 Å². The molecule has 1 rings (SSSR count). The first kappa shape index (κ1) is 16.5. The van der Waals surface area contributed by atoms with Crippen LogP contribution in [0.2, 0.25) is 5.22 Å². The van der Waals surface area contributed by atoms with E-state index in [1.807, 2.05) is 4.72 Å². The fourth-order valence-electron chi connectivity index (χ4n) is 1.38. The zero-order chi connectivity index (χ0) is 15.5. The fourth-order valence-corrected chi connectivity index (χ4v) is 2.78. The Kier molecular flexibility index (Phi) is 5.18. The van der Waals surface area contributed by atoms with E-state index < -0.39 is 33.1 Å². The molecule has 0 aliphatic carbocycles. The number of carbonyl (C=O) groups is 2. The first-order valence-corrected chi connectivity index (χ1v) is 7.50. The largest absolute Gasteiger partial charge is 0.469 e. The molecule has 0 bridgehead atoms. The third-order valence-electron chi connectivity index (χ3n) is 2.86. The summed E-state index contributed by atoms with van der Waals surface area (Å²) in [7, 11) is -2.90. The standard InChI is InChI=1S/C11H14ClNO6S/c1-6(11(15)18-3)7(2)20(16,17)13-10(14)8-4-5-19-9(8)12/h4-7H,1-3H3,(H,13,14)/t6-,7+/m0/s1. The van der Waals surface area contributed by atoms with Gasteiger partial charge in [-0.1, -0.05) is 6.92 Å². The van der Waals surface area contributed by atoms with Crippen molar-refractivity contribution < 1.29 is 27.2 Å². The molecule has 0 unspecified atom stereocenters. The molecule has 1 heterocycles. The van der Waals surface area contributed by atoms with Gasteiger partial charge in [0.1, 0.15) is 0 Å². The van der Waals surface area contributed by atoms with E-state index in [9.17, 15) is 18.0 Å². The number of ether oxygens (including phenoxy) is 1. The third-order valence-corrected chi connectivity index (χ3v) is 5.01. The summed E-state index contributed by atoms with van der Waals surface area (Å²) in [5.41, 5.74) is -0.104. The van der Waals surface area contributed by atoms with Crippen LogP contribution in [0.1, 0.15) is 24.2 Å². The van der Waals surface area contributed by atoms with Gasteiger partial charge in [-0.3, -0.25) is 9.59 Å². The Bertz CT molecular complexity index is 608. The van der Waals surface area contributed by atoms with Gasteiger partial charge in [0.15, 0.2) is 0 Å². The van der Waals surface area contributed by atoms with Crippen LogP contribution in [0.5, 0.6) is 0 Å². The number of carbonyl (C=O) groups excluding carboxylic acids is 2. The van der Waals surface area contributed by atoms with Crippen molar-refractivity contribution in [2.24, 2.45) is 5.92 Å². The fraction of sp³-hybridized carbons (Fsp3) is 0.455. The van der Waals surface area contributed by atoms with Gasteiger partial charge in [-0.15, -0.1) is 0 Å². The number of rotatable bonds is 5. The summed E-state index contributed by atoms with van der Waals surface area (Å²) in [6.07, 6.45) is 1.16. The van der Waals surface area contributed by atoms with Crippen LogP contribution in [0.15, 0.2) is 16.7 Å². The van der Waals surface area contributed by atoms with Crippen LogP contribution in [0.3, 0.4) is 0 Å². The van der Waals surface area contributed by atoms with Crippen molar-refractivity contribution >= 4 is 33.5 Å². The van der Waals surface area contributed by atoms with Crippen LogP contribution in [0.25, 0.3) is 0 Å². The van der Waals surface area contributed by atoms with Crippen LogP contribution >= 0.6 is 11.6 Å². The number of esters is 1. The SMILES string of the molecule is COC(=O)[C@@H](C)[C@@H](C)S(=O)(=O)NC(=O)c1ccoc1Cl. The lowest BCUT2D eigenvalue weighted by Crippen LogP contribution is -2.42. The van der Waals surface area contributed by atoms with Crippen LogP contribution in [0.4, 0.5) is 0 Å². The van der Waals surface area contributed by atoms with E-state index in [4.69, 9.17) is 16.0 Å². The van der Waals surface area contributed by atoms with Crippen molar-refractivity contribution in [1.29, 1.82) is 0 Å². The summed E-state index contributed by atoms with van der Waals surface area (Å²) < 4.78 is 35.0. The van der Waals surface area contributed by atoms with Crippen LogP contribution in [-0.4, -0.2) is 32.7 Å². The van der Waals surface area contributed by atoms with Crippen LogP contribution < -0.4 is 4.72 Å². The summed E-state index contributed by atoms with van der Waals surface area (Å²) in [6.45, 7) is 2.69. The Labute approximate surface area is 121 Å². The molecule has 1 aromatic heterocycles. The van der Waals surface area contributed by atoms with Gasteiger partial charge in [-0.25, -0.2) is 13.1 Å². The molecule has 20 heavy (non-hydrogen) atoms. The van der Waals surface area contributed by atoms with Crippen molar-refractivity contribution in [2.75, 3.05) is 7.11 Å². The number of hydrogen-bond donors (Lipinski definition) is 1. The summed E-state index contributed by atoms with van der Waals surface area (Å²) in [5.74, 6) is -2.53. The quantitative estimate of drug-likeness (QED) is 0.816. The lowest BCUT2D eigenvalue weighted by atomic mass is 10.1. The topological polar surface area (TPSA) is 103 Å². The molecule has 9 heteroatoms. The van der Waals surface area contributed by atoms with Gasteiger partial charge in [0, 0.05) is 0 Å². The molecule has 0 saturated heterocycles. The molecular formula is C11H14ClNO6S. The number of furan rings is 1. The van der Waals surface area contributed by atoms with Crippen molar-refractivity contribution in [3.63, 3.8) is 0 Å². The second kappa shape index (κ2) is 6.27. The van der Waals surface area contributed by atoms with Crippen molar-refractivity contribution in [3.8, 4) is 0 Å². The van der Waals surface area contributed by atoms with Crippen molar-refractivity contribution in [1.82, 2.24) is 4.72 Å². The molecule has 112 valence electrons. The van der Waals surface area contributed by atoms with E-state index in [2.05, 4.69) is 4.74 Å². The van der Waals surface area contributed by atoms with E-state index in [0.29, 0.717) is 0 Å². The van der Waals surface area contributed by atoms with Gasteiger partial charge in [-0.2, -0.15) is 0 Å². The Morgan fingerprint density at radius 3 is 2.45 bits per heavy atom. The Morgan fingerprint density at radius 1 is 1.40 bits per heavy atom. The number of halogens is 1. The molecule has 1 aromatic rings. The molecule has 0 aliphatic rings. The number of nitrogens with one attached hydrogen (secondary N) is 1. The van der Waals surface area contributed by atoms with Crippen LogP contribution in [-0.2, 0) is 19.6 Å². The second-order valence-electron chi connectivity index (χ2n) is 4.10. The van der Waals surface area contributed by atoms with E-state index in [0.717, 1.165) is 13.4 Å². The summed E-state index contributed by atoms with van der Waals surface area (Å²) >= 11 is 5.58. The highest BCUT2D eigenvalue weighted by molar-refractivity contribution is 7.90. The highest BCUT2D eigenvalue weighted by atomic mass is 35.5. The number of amides is 1. The Balaban J connectivity index is 2.88. The van der Waals surface area contributed by atoms with E-state index in [-0.39, 0.29) is 10.8 Å². The lowest BCUT2D eigenvalue weighted by Gasteiger charge is -2.18. The Hall–Kier alpha value is -1.54. The van der Waals surface area contributed by atoms with E-state index in [1.165, 1.54) is 19.9 Å². The Morgan fingerprint density at radius 2 is 2.00 bits per heavy atom. The maximum Gasteiger partial charge on any atom is 0.309 e. The van der Waals surface area contributed by atoms with Gasteiger partial charge in [0.2, 0.25) is 15.2 Å². The monoisotopic (exact) mass is 323 g/mol. The summed E-state index contributed by atoms with van der Waals surface area (Å²) in [4.78, 5) is 23.1. The summed E-state index contributed by atoms with van der Waals surface area (Å²) in [6, 6.07) is 1.24. The minimum atomic E-state index is -4.06. The normalized spacial score (nSPS) is 14.4. The molecule has 0 spiro atoms. The maximum atomic E-state index is 12.0. The predicted molar refractivity (Wildman–Crippen MR) is 70.7 cm³/mol. The minimum Gasteiger partial charge on any atom is -0.469 e. The summed E-state index contributed by atoms with van der Waals surface area (Å²) in [5, 5.41) is -1.36. The second-order valence-corrected chi connectivity index (χ2v) is 6.48. The molecule has 0 fully saturated rings. The average Bonchev–Trinajstić information content (AvgIpc) is 2.81. The smallest absolute Gasteiger partial charge is 0.309 e. The lowest BCUT2D eigenvalue weighted by molar-refractivity contribution is -0.144. The highest BCUT2D eigenvalue weighted by Crippen LogP contribution is 2.18. The minimum absolute atomic E-state index is 0.104. The maximum absolute atomic E-state index is 12.0. The molecule has 2 atom stereocenters. The van der Waals surface area contributed by atoms with Crippen LogP contribution in [0, 0.1) is 5.92 Å². The van der Waals surface area contributed by atoms with E-state index in [1.54, 1.807) is 0 Å². The van der Waals surface area contributed by atoms with Gasteiger partial charge in [-0.05, 0) is 24.6 Å². The molecule has 1 amide bonds. The first-order chi connectivity index (χ1) is 9.20. The molecule has 1 N–H and O–H groups in total. The third kappa shape index (κ3) is 3.51. The molecule has 7 nitrogen and oxygen atoms in total. The average molecular weight is 324 g/mol. The molecular weight excluding hydrogens is 310 g/mol. The first-order valence-electron chi connectivity index (χ1n) is 5.57. The number of methoxy groups -OCH3 is 1. The zero-order valence-corrected chi connectivity index (χ0v) is 12.6. The predicted octanol–water partition coefficient (Wildman–Crippen LogP) is 1.19. The van der Waals surface area contributed by atoms with Crippen molar-refractivity contribution in [3.05, 3.63) is 23.1 Å². The molecule has 0 radical (unpaired) electrons. The van der Waals surface area contributed by atoms with Gasteiger partial charge >= 0.3 is 5.97 Å². The van der Waals surface area contributed by atoms with Crippen molar-refractivity contribution in [2.45, 2.75) is 19.1 Å². The molecule has 0 saturated carbocycles. The van der Waals surface area contributed by atoms with Gasteiger partial charge in [0.05, 0.1) is 30.1 Å². The number of sulfonamides is 1. The molecule has 0 aliphatic heterocycles. The number of hydrogen-bond acceptors (Lipinski definition) is 6. The van der Waals surface area contributed by atoms with E-state index >= 15 is 0 Å². The zero-order valence-electron chi connectivity index (χ0n) is 11.0. The molecule has 0 aromatic carbocycles.